The van der Waals surface area contributed by atoms with E-state index >= 15 is 0 Å². The first kappa shape index (κ1) is 14.0. The van der Waals surface area contributed by atoms with E-state index in [1.807, 2.05) is 0 Å². The minimum absolute atomic E-state index is 0.262. The maximum Gasteiger partial charge on any atom is 0.147 e. The van der Waals surface area contributed by atoms with Crippen molar-refractivity contribution >= 4 is 0 Å². The van der Waals surface area contributed by atoms with Crippen LogP contribution in [0.1, 0.15) is 30.9 Å². The molecule has 1 aromatic heterocycles. The number of β-amino-alcohol motifs (C(OH)–C–C–N with tert-alkyl or cyclic N) is 1. The number of aromatic nitrogens is 3. The molecule has 1 aromatic rings. The van der Waals surface area contributed by atoms with Crippen molar-refractivity contribution in [1.82, 2.24) is 24.6 Å². The predicted molar refractivity (Wildman–Crippen MR) is 76.4 cm³/mol. The Kier molecular flexibility index (Phi) is 4.65. The summed E-state index contributed by atoms with van der Waals surface area (Å²) in [5.74, 6) is 2.30. The molecular formula is C14H25N5O. The third kappa shape index (κ3) is 3.19. The molecule has 0 amide bonds. The zero-order valence-electron chi connectivity index (χ0n) is 12.2. The molecule has 0 atom stereocenters. The van der Waals surface area contributed by atoms with Gasteiger partial charge in [0.15, 0.2) is 0 Å². The van der Waals surface area contributed by atoms with Crippen molar-refractivity contribution in [2.24, 2.45) is 0 Å². The summed E-state index contributed by atoms with van der Waals surface area (Å²) >= 11 is 0. The van der Waals surface area contributed by atoms with Crippen LogP contribution in [-0.4, -0.2) is 69.0 Å². The fraction of sp³-hybridized carbons (Fsp3) is 0.857. The highest BCUT2D eigenvalue weighted by molar-refractivity contribution is 4.99. The van der Waals surface area contributed by atoms with E-state index in [1.165, 1.54) is 25.1 Å². The number of hydrogen-bond donors (Lipinski definition) is 1. The van der Waals surface area contributed by atoms with Crippen molar-refractivity contribution in [2.45, 2.75) is 38.8 Å². The van der Waals surface area contributed by atoms with Crippen molar-refractivity contribution in [1.29, 1.82) is 0 Å². The lowest BCUT2D eigenvalue weighted by molar-refractivity contribution is 0.195. The van der Waals surface area contributed by atoms with E-state index in [2.05, 4.69) is 24.6 Å². The Morgan fingerprint density at radius 3 is 2.65 bits per heavy atom. The number of aliphatic hydroxyl groups excluding tert-OH is 1. The van der Waals surface area contributed by atoms with Crippen molar-refractivity contribution < 1.29 is 5.11 Å². The van der Waals surface area contributed by atoms with Crippen LogP contribution in [0.3, 0.4) is 0 Å². The molecule has 0 aromatic carbocycles. The fourth-order valence-corrected chi connectivity index (χ4v) is 3.23. The third-order valence-electron chi connectivity index (χ3n) is 4.40. The van der Waals surface area contributed by atoms with Gasteiger partial charge in [-0.25, -0.2) is 0 Å². The largest absolute Gasteiger partial charge is 0.395 e. The number of aryl methyl sites for hydroxylation is 1. The predicted octanol–water partition coefficient (Wildman–Crippen LogP) is 0.114. The van der Waals surface area contributed by atoms with Gasteiger partial charge in [0, 0.05) is 32.6 Å². The van der Waals surface area contributed by atoms with Gasteiger partial charge in [-0.1, -0.05) is 0 Å². The second kappa shape index (κ2) is 6.65. The Labute approximate surface area is 120 Å². The van der Waals surface area contributed by atoms with Crippen molar-refractivity contribution in [3.63, 3.8) is 0 Å². The van der Waals surface area contributed by atoms with Gasteiger partial charge < -0.3 is 9.67 Å². The maximum absolute atomic E-state index is 9.04. The summed E-state index contributed by atoms with van der Waals surface area (Å²) < 4.78 is 2.32. The van der Waals surface area contributed by atoms with Gasteiger partial charge in [-0.05, 0) is 32.4 Å². The Morgan fingerprint density at radius 1 is 0.900 bits per heavy atom. The SMILES string of the molecule is OCCN1CCCN(Cc2nnc3n2CCCC3)CC1. The Bertz CT molecular complexity index is 433. The molecule has 0 spiro atoms. The van der Waals surface area contributed by atoms with Gasteiger partial charge in [-0.2, -0.15) is 0 Å². The van der Waals surface area contributed by atoms with Gasteiger partial charge in [-0.15, -0.1) is 10.2 Å². The van der Waals surface area contributed by atoms with Crippen LogP contribution in [0.15, 0.2) is 0 Å². The minimum Gasteiger partial charge on any atom is -0.395 e. The quantitative estimate of drug-likeness (QED) is 0.848. The normalized spacial score (nSPS) is 21.6. The van der Waals surface area contributed by atoms with Crippen LogP contribution in [0, 0.1) is 0 Å². The average Bonchev–Trinajstić information content (AvgIpc) is 2.74. The monoisotopic (exact) mass is 279 g/mol. The summed E-state index contributed by atoms with van der Waals surface area (Å²) in [7, 11) is 0. The third-order valence-corrected chi connectivity index (χ3v) is 4.40. The van der Waals surface area contributed by atoms with Crippen molar-refractivity contribution in [3.05, 3.63) is 11.6 Å². The summed E-state index contributed by atoms with van der Waals surface area (Å²) in [5, 5.41) is 17.8. The first-order chi connectivity index (χ1) is 9.86. The minimum atomic E-state index is 0.262. The number of hydrogen-bond acceptors (Lipinski definition) is 5. The molecule has 6 heteroatoms. The topological polar surface area (TPSA) is 57.4 Å². The maximum atomic E-state index is 9.04. The van der Waals surface area contributed by atoms with Gasteiger partial charge in [0.05, 0.1) is 13.2 Å². The smallest absolute Gasteiger partial charge is 0.147 e. The molecule has 3 heterocycles. The standard InChI is InChI=1S/C14H25N5O/c20-11-10-17-5-3-6-18(9-8-17)12-14-16-15-13-4-1-2-7-19(13)14/h20H,1-12H2. The van der Waals surface area contributed by atoms with E-state index in [1.54, 1.807) is 0 Å². The Hall–Kier alpha value is -0.980. The van der Waals surface area contributed by atoms with E-state index in [-0.39, 0.29) is 6.61 Å². The van der Waals surface area contributed by atoms with Crippen LogP contribution in [-0.2, 0) is 19.5 Å². The number of rotatable bonds is 4. The lowest BCUT2D eigenvalue weighted by atomic mass is 10.1. The first-order valence-electron chi connectivity index (χ1n) is 7.83. The molecule has 1 fully saturated rings. The molecule has 0 saturated carbocycles. The summed E-state index contributed by atoms with van der Waals surface area (Å²) in [6, 6.07) is 0. The summed E-state index contributed by atoms with van der Waals surface area (Å²) in [4.78, 5) is 4.82. The van der Waals surface area contributed by atoms with Crippen LogP contribution in [0.25, 0.3) is 0 Å². The first-order valence-corrected chi connectivity index (χ1v) is 7.83. The van der Waals surface area contributed by atoms with Crippen LogP contribution in [0.4, 0.5) is 0 Å². The highest BCUT2D eigenvalue weighted by Crippen LogP contribution is 2.16. The van der Waals surface area contributed by atoms with Crippen LogP contribution >= 0.6 is 0 Å². The van der Waals surface area contributed by atoms with Gasteiger partial charge in [0.25, 0.3) is 0 Å². The molecule has 112 valence electrons. The molecule has 1 N–H and O–H groups in total. The lowest BCUT2D eigenvalue weighted by Crippen LogP contribution is -2.32. The van der Waals surface area contributed by atoms with Crippen molar-refractivity contribution in [3.8, 4) is 0 Å². The number of fused-ring (bicyclic) bond motifs is 1. The van der Waals surface area contributed by atoms with E-state index < -0.39 is 0 Å². The van der Waals surface area contributed by atoms with Crippen molar-refractivity contribution in [2.75, 3.05) is 39.3 Å². The summed E-state index contributed by atoms with van der Waals surface area (Å²) in [5.41, 5.74) is 0. The van der Waals surface area contributed by atoms with Crippen LogP contribution < -0.4 is 0 Å². The highest BCUT2D eigenvalue weighted by Gasteiger charge is 2.20. The summed E-state index contributed by atoms with van der Waals surface area (Å²) in [6.07, 6.45) is 4.75. The molecule has 1 saturated heterocycles. The summed E-state index contributed by atoms with van der Waals surface area (Å²) in [6.45, 7) is 7.37. The molecular weight excluding hydrogens is 254 g/mol. The lowest BCUT2D eigenvalue weighted by Gasteiger charge is -2.22. The second-order valence-corrected chi connectivity index (χ2v) is 5.84. The van der Waals surface area contributed by atoms with E-state index in [0.717, 1.165) is 58.1 Å². The number of aliphatic hydroxyl groups is 1. The Morgan fingerprint density at radius 2 is 1.75 bits per heavy atom. The highest BCUT2D eigenvalue weighted by atomic mass is 16.3. The second-order valence-electron chi connectivity index (χ2n) is 5.84. The van der Waals surface area contributed by atoms with E-state index in [4.69, 9.17) is 5.11 Å². The molecule has 3 rings (SSSR count). The molecule has 0 unspecified atom stereocenters. The molecule has 2 aliphatic rings. The molecule has 2 aliphatic heterocycles. The fourth-order valence-electron chi connectivity index (χ4n) is 3.23. The zero-order chi connectivity index (χ0) is 13.8. The van der Waals surface area contributed by atoms with Gasteiger partial charge in [0.2, 0.25) is 0 Å². The molecule has 0 radical (unpaired) electrons. The Balaban J connectivity index is 1.59. The van der Waals surface area contributed by atoms with Gasteiger partial charge >= 0.3 is 0 Å². The van der Waals surface area contributed by atoms with E-state index in [9.17, 15) is 0 Å². The average molecular weight is 279 g/mol. The number of nitrogens with zero attached hydrogens (tertiary/aromatic N) is 5. The zero-order valence-corrected chi connectivity index (χ0v) is 12.2. The van der Waals surface area contributed by atoms with Gasteiger partial charge in [-0.3, -0.25) is 9.80 Å². The van der Waals surface area contributed by atoms with Gasteiger partial charge in [0.1, 0.15) is 11.6 Å². The van der Waals surface area contributed by atoms with Crippen LogP contribution in [0.2, 0.25) is 0 Å². The van der Waals surface area contributed by atoms with E-state index in [0.29, 0.717) is 0 Å². The molecule has 20 heavy (non-hydrogen) atoms. The molecule has 0 bridgehead atoms. The molecule has 6 nitrogen and oxygen atoms in total. The molecule has 0 aliphatic carbocycles. The van der Waals surface area contributed by atoms with Crippen LogP contribution in [0.5, 0.6) is 0 Å².